The summed E-state index contributed by atoms with van der Waals surface area (Å²) in [7, 11) is 0. The Labute approximate surface area is 454 Å². The van der Waals surface area contributed by atoms with Gasteiger partial charge in [0.25, 0.3) is 0 Å². The van der Waals surface area contributed by atoms with Gasteiger partial charge < -0.3 is 13.7 Å². The van der Waals surface area contributed by atoms with Gasteiger partial charge in [-0.25, -0.2) is 9.97 Å². The number of hydrogen-bond acceptors (Lipinski definition) is 4. The number of benzene rings is 11. The summed E-state index contributed by atoms with van der Waals surface area (Å²) in [5, 5.41) is 27.1. The van der Waals surface area contributed by atoms with Crippen LogP contribution in [-0.2, 0) is 0 Å². The predicted molar refractivity (Wildman–Crippen MR) is 322 cm³/mol. The monoisotopic (exact) mass is 1010 g/mol. The lowest BCUT2D eigenvalue weighted by molar-refractivity contribution is 1.16. The molecule has 79 heavy (non-hydrogen) atoms. The Hall–Kier alpha value is -11.1. The van der Waals surface area contributed by atoms with Crippen LogP contribution in [0.25, 0.3) is 139 Å². The van der Waals surface area contributed by atoms with Crippen LogP contribution in [0, 0.1) is 22.7 Å². The minimum atomic E-state index is 0.538. The van der Waals surface area contributed by atoms with E-state index in [1.165, 1.54) is 21.5 Å². The zero-order chi connectivity index (χ0) is 52.6. The molecule has 0 aliphatic heterocycles. The third kappa shape index (κ3) is 7.41. The van der Waals surface area contributed by atoms with E-state index < -0.39 is 0 Å². The molecule has 0 atom stereocenters. The zero-order valence-corrected chi connectivity index (χ0v) is 42.5. The molecule has 4 heterocycles. The number of hydrogen-bond donors (Lipinski definition) is 0. The summed E-state index contributed by atoms with van der Waals surface area (Å²) in [4.78, 5) is 10.9. The van der Waals surface area contributed by atoms with Crippen molar-refractivity contribution >= 4 is 65.4 Å². The lowest BCUT2D eigenvalue weighted by Crippen LogP contribution is -2.04. The van der Waals surface area contributed by atoms with Crippen LogP contribution in [0.1, 0.15) is 11.1 Å². The van der Waals surface area contributed by atoms with Crippen LogP contribution < -0.4 is 0 Å². The van der Waals surface area contributed by atoms with Gasteiger partial charge in [0.2, 0.25) is 0 Å². The van der Waals surface area contributed by atoms with Gasteiger partial charge >= 0.3 is 0 Å². The van der Waals surface area contributed by atoms with Crippen LogP contribution in [-0.4, -0.2) is 23.7 Å². The zero-order valence-electron chi connectivity index (χ0n) is 42.5. The van der Waals surface area contributed by atoms with Gasteiger partial charge in [-0.15, -0.1) is 0 Å². The third-order valence-electron chi connectivity index (χ3n) is 15.5. The van der Waals surface area contributed by atoms with E-state index in [0.29, 0.717) is 17.0 Å². The Morgan fingerprint density at radius 2 is 0.633 bits per heavy atom. The van der Waals surface area contributed by atoms with Crippen LogP contribution in [0.15, 0.2) is 261 Å². The molecule has 4 aromatic heterocycles. The number of rotatable bonds is 8. The maximum atomic E-state index is 10.3. The lowest BCUT2D eigenvalue weighted by Gasteiger charge is -2.22. The Morgan fingerprint density at radius 3 is 1.01 bits per heavy atom. The predicted octanol–water partition coefficient (Wildman–Crippen LogP) is 17.8. The van der Waals surface area contributed by atoms with Gasteiger partial charge in [0.15, 0.2) is 5.82 Å². The van der Waals surface area contributed by atoms with Gasteiger partial charge in [0.05, 0.1) is 73.4 Å². The summed E-state index contributed by atoms with van der Waals surface area (Å²) in [6, 6.07) is 95.8. The molecule has 15 aromatic rings. The van der Waals surface area contributed by atoms with Crippen LogP contribution >= 0.6 is 0 Å². The van der Waals surface area contributed by atoms with E-state index in [2.05, 4.69) is 214 Å². The molecule has 7 nitrogen and oxygen atoms in total. The molecule has 0 fully saturated rings. The van der Waals surface area contributed by atoms with Gasteiger partial charge in [-0.2, -0.15) is 10.5 Å². The summed E-state index contributed by atoms with van der Waals surface area (Å²) in [5.74, 6) is 0.581. The molecule has 7 heteroatoms. The van der Waals surface area contributed by atoms with Gasteiger partial charge in [-0.3, -0.25) is 0 Å². The van der Waals surface area contributed by atoms with E-state index in [9.17, 15) is 10.5 Å². The molecule has 0 unspecified atom stereocenters. The molecule has 0 aliphatic carbocycles. The first-order valence-electron chi connectivity index (χ1n) is 26.3. The maximum Gasteiger partial charge on any atom is 0.160 e. The fourth-order valence-corrected chi connectivity index (χ4v) is 11.9. The molecular formula is C72H43N7. The van der Waals surface area contributed by atoms with E-state index in [1.54, 1.807) is 0 Å². The molecular weight excluding hydrogens is 963 g/mol. The maximum absolute atomic E-state index is 10.3. The minimum Gasteiger partial charge on any atom is -0.309 e. The standard InChI is InChI=1S/C72H43N7/c73-44-46-27-37-69-61(39-46)62-40-47(45-74)28-38-70(62)79(69)71-59(48-29-33-53(34-30-48)77-65-23-11-7-19-55(65)56-20-8-12-24-66(56)77)41-52(72-75-63(50-15-3-1-4-16-50)43-64(76-72)51-17-5-2-6-18-51)42-60(71)49-31-35-54(36-32-49)78-67-25-13-9-21-57(67)58-22-10-14-26-68(58)78/h1-43H. The smallest absolute Gasteiger partial charge is 0.160 e. The average molecular weight is 1010 g/mol. The molecule has 0 N–H and O–H groups in total. The van der Waals surface area contributed by atoms with Crippen LogP contribution in [0.5, 0.6) is 0 Å². The first kappa shape index (κ1) is 45.3. The number of fused-ring (bicyclic) bond motifs is 9. The molecule has 0 saturated heterocycles. The summed E-state index contributed by atoms with van der Waals surface area (Å²) < 4.78 is 7.01. The van der Waals surface area contributed by atoms with Crippen LogP contribution in [0.4, 0.5) is 0 Å². The number of para-hydroxylation sites is 4. The molecule has 0 saturated carbocycles. The Bertz CT molecular complexity index is 4600. The van der Waals surface area contributed by atoms with Crippen molar-refractivity contribution in [1.29, 1.82) is 10.5 Å². The van der Waals surface area contributed by atoms with Crippen molar-refractivity contribution in [1.82, 2.24) is 23.7 Å². The van der Waals surface area contributed by atoms with Crippen LogP contribution in [0.2, 0.25) is 0 Å². The normalized spacial score (nSPS) is 11.5. The minimum absolute atomic E-state index is 0.538. The van der Waals surface area contributed by atoms with Crippen molar-refractivity contribution in [2.75, 3.05) is 0 Å². The van der Waals surface area contributed by atoms with Gasteiger partial charge in [-0.05, 0) is 114 Å². The second-order valence-corrected chi connectivity index (χ2v) is 20.0. The van der Waals surface area contributed by atoms with Crippen molar-refractivity contribution in [3.8, 4) is 85.4 Å². The molecule has 0 spiro atoms. The van der Waals surface area contributed by atoms with E-state index >= 15 is 0 Å². The van der Waals surface area contributed by atoms with E-state index in [4.69, 9.17) is 9.97 Å². The van der Waals surface area contributed by atoms with Crippen LogP contribution in [0.3, 0.4) is 0 Å². The van der Waals surface area contributed by atoms with E-state index in [1.807, 2.05) is 72.8 Å². The van der Waals surface area contributed by atoms with Gasteiger partial charge in [0, 0.05) is 71.5 Å². The summed E-state index contributed by atoms with van der Waals surface area (Å²) in [6.07, 6.45) is 0. The first-order chi connectivity index (χ1) is 39.1. The van der Waals surface area contributed by atoms with Crippen molar-refractivity contribution in [2.24, 2.45) is 0 Å². The molecule has 11 aromatic carbocycles. The molecule has 0 aliphatic rings. The first-order valence-corrected chi connectivity index (χ1v) is 26.3. The Kier molecular flexibility index (Phi) is 10.5. The Balaban J connectivity index is 1.04. The van der Waals surface area contributed by atoms with E-state index in [0.717, 1.165) is 111 Å². The highest BCUT2D eigenvalue weighted by atomic mass is 15.0. The third-order valence-corrected chi connectivity index (χ3v) is 15.5. The molecule has 366 valence electrons. The summed E-state index contributed by atoms with van der Waals surface area (Å²) >= 11 is 0. The number of nitrogens with zero attached hydrogens (tertiary/aromatic N) is 7. The molecule has 0 amide bonds. The fraction of sp³-hybridized carbons (Fsp3) is 0. The van der Waals surface area contributed by atoms with Crippen molar-refractivity contribution in [2.45, 2.75) is 0 Å². The molecule has 15 rings (SSSR count). The van der Waals surface area contributed by atoms with Gasteiger partial charge in [-0.1, -0.05) is 158 Å². The quantitative estimate of drug-likeness (QED) is 0.152. The Morgan fingerprint density at radius 1 is 0.278 bits per heavy atom. The fourth-order valence-electron chi connectivity index (χ4n) is 11.9. The van der Waals surface area contributed by atoms with Crippen molar-refractivity contribution in [3.63, 3.8) is 0 Å². The second-order valence-electron chi connectivity index (χ2n) is 20.0. The van der Waals surface area contributed by atoms with Crippen molar-refractivity contribution in [3.05, 3.63) is 272 Å². The highest BCUT2D eigenvalue weighted by Crippen LogP contribution is 2.45. The topological polar surface area (TPSA) is 88.2 Å². The van der Waals surface area contributed by atoms with Crippen molar-refractivity contribution < 1.29 is 0 Å². The van der Waals surface area contributed by atoms with E-state index in [-0.39, 0.29) is 0 Å². The highest BCUT2D eigenvalue weighted by molar-refractivity contribution is 6.13. The average Bonchev–Trinajstić information content (AvgIpc) is 4.26. The number of aromatic nitrogens is 5. The second kappa shape index (κ2) is 18.3. The highest BCUT2D eigenvalue weighted by Gasteiger charge is 2.25. The summed E-state index contributed by atoms with van der Waals surface area (Å²) in [5.41, 5.74) is 18.7. The summed E-state index contributed by atoms with van der Waals surface area (Å²) in [6.45, 7) is 0. The SMILES string of the molecule is N#Cc1ccc2c(c1)c1cc(C#N)ccc1n2-c1c(-c2ccc(-n3c4ccccc4c4ccccc43)cc2)cc(-c2nc(-c3ccccc3)cc(-c3ccccc3)n2)cc1-c1ccc(-n2c3ccccc3c3ccccc32)cc1. The lowest BCUT2D eigenvalue weighted by atomic mass is 9.92. The van der Waals surface area contributed by atoms with Gasteiger partial charge in [0.1, 0.15) is 0 Å². The molecule has 0 radical (unpaired) electrons. The molecule has 0 bridgehead atoms. The number of nitriles is 2. The largest absolute Gasteiger partial charge is 0.309 e.